The smallest absolute Gasteiger partial charge is 0.248 e. The molecule has 0 aliphatic heterocycles. The van der Waals surface area contributed by atoms with E-state index in [9.17, 15) is 9.18 Å². The lowest BCUT2D eigenvalue weighted by atomic mass is 10.1. The summed E-state index contributed by atoms with van der Waals surface area (Å²) in [7, 11) is 0. The van der Waals surface area contributed by atoms with Gasteiger partial charge in [0, 0.05) is 17.2 Å². The molecule has 2 N–H and O–H groups in total. The van der Waals surface area contributed by atoms with Gasteiger partial charge in [0.2, 0.25) is 5.91 Å². The summed E-state index contributed by atoms with van der Waals surface area (Å²) in [5.41, 5.74) is 8.40. The number of halogens is 2. The molecule has 0 radical (unpaired) electrons. The molecule has 1 aromatic heterocycles. The van der Waals surface area contributed by atoms with Gasteiger partial charge in [-0.1, -0.05) is 12.8 Å². The second-order valence-electron chi connectivity index (χ2n) is 6.44. The van der Waals surface area contributed by atoms with Gasteiger partial charge < -0.3 is 10.3 Å². The van der Waals surface area contributed by atoms with Crippen molar-refractivity contribution >= 4 is 32.9 Å². The lowest BCUT2D eigenvalue weighted by Gasteiger charge is -2.16. The van der Waals surface area contributed by atoms with E-state index in [2.05, 4.69) is 20.5 Å². The van der Waals surface area contributed by atoms with Gasteiger partial charge in [0.25, 0.3) is 0 Å². The number of nitrogens with two attached hydrogens (primary N) is 1. The van der Waals surface area contributed by atoms with Gasteiger partial charge >= 0.3 is 0 Å². The number of primary amides is 1. The summed E-state index contributed by atoms with van der Waals surface area (Å²) in [5, 5.41) is 0. The van der Waals surface area contributed by atoms with Crippen molar-refractivity contribution in [1.29, 1.82) is 0 Å². The van der Waals surface area contributed by atoms with Crippen LogP contribution in [0, 0.1) is 5.82 Å². The van der Waals surface area contributed by atoms with E-state index in [1.165, 1.54) is 18.9 Å². The molecule has 0 saturated heterocycles. The van der Waals surface area contributed by atoms with Gasteiger partial charge in [0.1, 0.15) is 11.6 Å². The van der Waals surface area contributed by atoms with Gasteiger partial charge in [0.15, 0.2) is 0 Å². The minimum absolute atomic E-state index is 0.303. The molecule has 2 aromatic carbocycles. The van der Waals surface area contributed by atoms with Gasteiger partial charge in [-0.3, -0.25) is 4.79 Å². The Kier molecular flexibility index (Phi) is 4.07. The number of imidazole rings is 1. The predicted octanol–water partition coefficient (Wildman–Crippen LogP) is 4.82. The van der Waals surface area contributed by atoms with E-state index in [0.29, 0.717) is 16.1 Å². The van der Waals surface area contributed by atoms with Crippen LogP contribution in [-0.2, 0) is 0 Å². The fourth-order valence-electron chi connectivity index (χ4n) is 3.62. The van der Waals surface area contributed by atoms with Gasteiger partial charge in [-0.05, 0) is 65.2 Å². The number of fused-ring (bicyclic) bond motifs is 1. The van der Waals surface area contributed by atoms with Gasteiger partial charge in [0.05, 0.1) is 15.5 Å². The van der Waals surface area contributed by atoms with Crippen LogP contribution in [0.4, 0.5) is 4.39 Å². The molecule has 0 spiro atoms. The SMILES string of the molecule is NC(=O)c1ccc2c(c1)nc(-c1ccc(F)c(Br)c1)n2C1CCCC1. The van der Waals surface area contributed by atoms with Crippen LogP contribution in [0.1, 0.15) is 42.1 Å². The standard InChI is InChI=1S/C19H17BrFN3O/c20-14-9-12(5-7-15(14)21)19-23-16-10-11(18(22)25)6-8-17(16)24(19)13-3-1-2-4-13/h5-10,13H,1-4H2,(H2,22,25). The molecular weight excluding hydrogens is 385 g/mol. The number of benzene rings is 2. The van der Waals surface area contributed by atoms with Crippen molar-refractivity contribution in [3.63, 3.8) is 0 Å². The largest absolute Gasteiger partial charge is 0.366 e. The van der Waals surface area contributed by atoms with Crippen molar-refractivity contribution in [2.45, 2.75) is 31.7 Å². The van der Waals surface area contributed by atoms with Crippen molar-refractivity contribution in [1.82, 2.24) is 9.55 Å². The number of amides is 1. The van der Waals surface area contributed by atoms with E-state index in [-0.39, 0.29) is 5.82 Å². The molecule has 25 heavy (non-hydrogen) atoms. The average Bonchev–Trinajstić information content (AvgIpc) is 3.23. The molecule has 1 aliphatic rings. The number of hydrogen-bond acceptors (Lipinski definition) is 2. The lowest BCUT2D eigenvalue weighted by Crippen LogP contribution is -2.10. The van der Waals surface area contributed by atoms with Crippen LogP contribution in [0.15, 0.2) is 40.9 Å². The van der Waals surface area contributed by atoms with Crippen LogP contribution in [-0.4, -0.2) is 15.5 Å². The van der Waals surface area contributed by atoms with Crippen molar-refractivity contribution in [2.24, 2.45) is 5.73 Å². The van der Waals surface area contributed by atoms with Gasteiger partial charge in [-0.2, -0.15) is 0 Å². The number of carbonyl (C=O) groups is 1. The van der Waals surface area contributed by atoms with Gasteiger partial charge in [-0.15, -0.1) is 0 Å². The van der Waals surface area contributed by atoms with Crippen molar-refractivity contribution in [3.05, 3.63) is 52.3 Å². The molecule has 4 rings (SSSR count). The fourth-order valence-corrected chi connectivity index (χ4v) is 4.00. The second-order valence-corrected chi connectivity index (χ2v) is 7.29. The van der Waals surface area contributed by atoms with E-state index in [4.69, 9.17) is 10.7 Å². The summed E-state index contributed by atoms with van der Waals surface area (Å²) in [6.45, 7) is 0. The predicted molar refractivity (Wildman–Crippen MR) is 98.8 cm³/mol. The summed E-state index contributed by atoms with van der Waals surface area (Å²) in [4.78, 5) is 16.2. The maximum absolute atomic E-state index is 13.6. The molecule has 1 amide bonds. The van der Waals surface area contributed by atoms with E-state index < -0.39 is 5.91 Å². The quantitative estimate of drug-likeness (QED) is 0.683. The fraction of sp³-hybridized carbons (Fsp3) is 0.263. The number of hydrogen-bond donors (Lipinski definition) is 1. The second kappa shape index (κ2) is 6.26. The molecule has 0 unspecified atom stereocenters. The third-order valence-corrected chi connectivity index (χ3v) is 5.45. The Morgan fingerprint density at radius 3 is 2.64 bits per heavy atom. The third kappa shape index (κ3) is 2.84. The summed E-state index contributed by atoms with van der Waals surface area (Å²) < 4.78 is 16.3. The van der Waals surface area contributed by atoms with Crippen LogP contribution >= 0.6 is 15.9 Å². The molecule has 6 heteroatoms. The Labute approximate surface area is 153 Å². The van der Waals surface area contributed by atoms with E-state index >= 15 is 0 Å². The Morgan fingerprint density at radius 2 is 1.96 bits per heavy atom. The third-order valence-electron chi connectivity index (χ3n) is 4.84. The number of nitrogens with zero attached hydrogens (tertiary/aromatic N) is 2. The molecule has 1 fully saturated rings. The lowest BCUT2D eigenvalue weighted by molar-refractivity contribution is 0.100. The first-order valence-electron chi connectivity index (χ1n) is 8.32. The maximum Gasteiger partial charge on any atom is 0.248 e. The first-order valence-corrected chi connectivity index (χ1v) is 9.11. The molecule has 0 atom stereocenters. The van der Waals surface area contributed by atoms with Gasteiger partial charge in [-0.25, -0.2) is 9.37 Å². The number of aromatic nitrogens is 2. The minimum Gasteiger partial charge on any atom is -0.366 e. The molecule has 4 nitrogen and oxygen atoms in total. The molecule has 3 aromatic rings. The Morgan fingerprint density at radius 1 is 1.20 bits per heavy atom. The first-order chi connectivity index (χ1) is 12.0. The van der Waals surface area contributed by atoms with E-state index in [0.717, 1.165) is 35.3 Å². The highest BCUT2D eigenvalue weighted by molar-refractivity contribution is 9.10. The zero-order valence-corrected chi connectivity index (χ0v) is 15.1. The molecule has 128 valence electrons. The summed E-state index contributed by atoms with van der Waals surface area (Å²) in [6, 6.07) is 10.7. The van der Waals surface area contributed by atoms with E-state index in [1.54, 1.807) is 24.3 Å². The number of carbonyl (C=O) groups excluding carboxylic acids is 1. The minimum atomic E-state index is -0.469. The highest BCUT2D eigenvalue weighted by Crippen LogP contribution is 2.37. The van der Waals surface area contributed by atoms with Crippen LogP contribution in [0.25, 0.3) is 22.4 Å². The van der Waals surface area contributed by atoms with E-state index in [1.807, 2.05) is 6.07 Å². The summed E-state index contributed by atoms with van der Waals surface area (Å²) >= 11 is 3.25. The average molecular weight is 402 g/mol. The summed E-state index contributed by atoms with van der Waals surface area (Å²) in [6.07, 6.45) is 4.57. The molecule has 1 saturated carbocycles. The zero-order valence-electron chi connectivity index (χ0n) is 13.5. The normalized spacial score (nSPS) is 15.1. The maximum atomic E-state index is 13.6. The van der Waals surface area contributed by atoms with Crippen LogP contribution < -0.4 is 5.73 Å². The zero-order chi connectivity index (χ0) is 17.6. The van der Waals surface area contributed by atoms with Crippen LogP contribution in [0.5, 0.6) is 0 Å². The Hall–Kier alpha value is -2.21. The highest BCUT2D eigenvalue weighted by atomic mass is 79.9. The summed E-state index contributed by atoms with van der Waals surface area (Å²) in [5.74, 6) is 0.0240. The molecule has 1 heterocycles. The van der Waals surface area contributed by atoms with Crippen LogP contribution in [0.2, 0.25) is 0 Å². The molecular formula is C19H17BrFN3O. The molecule has 0 bridgehead atoms. The highest BCUT2D eigenvalue weighted by Gasteiger charge is 2.24. The number of rotatable bonds is 3. The van der Waals surface area contributed by atoms with Crippen LogP contribution in [0.3, 0.4) is 0 Å². The first kappa shape index (κ1) is 16.3. The Bertz CT molecular complexity index is 976. The topological polar surface area (TPSA) is 60.9 Å². The molecule has 1 aliphatic carbocycles. The Balaban J connectivity index is 1.95. The van der Waals surface area contributed by atoms with Crippen molar-refractivity contribution in [2.75, 3.05) is 0 Å². The van der Waals surface area contributed by atoms with Crippen molar-refractivity contribution < 1.29 is 9.18 Å². The monoisotopic (exact) mass is 401 g/mol. The van der Waals surface area contributed by atoms with Crippen molar-refractivity contribution in [3.8, 4) is 11.4 Å².